The van der Waals surface area contributed by atoms with Crippen LogP contribution in [-0.4, -0.2) is 18.5 Å². The fourth-order valence-corrected chi connectivity index (χ4v) is 1.01. The van der Waals surface area contributed by atoms with Crippen LogP contribution < -0.4 is 11.1 Å². The molecule has 0 saturated carbocycles. The van der Waals surface area contributed by atoms with Crippen LogP contribution in [-0.2, 0) is 4.79 Å². The van der Waals surface area contributed by atoms with Crippen molar-refractivity contribution in [3.63, 3.8) is 0 Å². The number of carbonyl (C=O) groups excluding carboxylic acids is 1. The van der Waals surface area contributed by atoms with Gasteiger partial charge in [-0.05, 0) is 12.3 Å². The van der Waals surface area contributed by atoms with Crippen molar-refractivity contribution in [1.29, 1.82) is 5.26 Å². The summed E-state index contributed by atoms with van der Waals surface area (Å²) >= 11 is 0. The zero-order valence-electron chi connectivity index (χ0n) is 8.92. The van der Waals surface area contributed by atoms with Crippen molar-refractivity contribution in [2.24, 2.45) is 11.7 Å². The minimum Gasteiger partial charge on any atom is -0.355 e. The van der Waals surface area contributed by atoms with E-state index in [4.69, 9.17) is 11.0 Å². The Labute approximate surface area is 85.5 Å². The standard InChI is InChI=1S/C10H19N3O/c1-3-8(2)9(12)10(14)13-7-5-4-6-11/h8-9H,3-5,7,12H2,1-2H3,(H,13,14)/t8?,9-/m0/s1. The Kier molecular flexibility index (Phi) is 6.77. The molecule has 0 aromatic rings. The lowest BCUT2D eigenvalue weighted by Crippen LogP contribution is -2.44. The zero-order valence-corrected chi connectivity index (χ0v) is 8.92. The van der Waals surface area contributed by atoms with Gasteiger partial charge in [0.15, 0.2) is 0 Å². The molecule has 14 heavy (non-hydrogen) atoms. The Bertz CT molecular complexity index is 210. The number of carbonyl (C=O) groups is 1. The summed E-state index contributed by atoms with van der Waals surface area (Å²) in [5, 5.41) is 11.0. The summed E-state index contributed by atoms with van der Waals surface area (Å²) in [5.74, 6) is 0.0863. The molecule has 80 valence electrons. The average molecular weight is 197 g/mol. The maximum atomic E-state index is 11.4. The smallest absolute Gasteiger partial charge is 0.237 e. The first-order valence-corrected chi connectivity index (χ1v) is 5.03. The minimum absolute atomic E-state index is 0.114. The molecule has 1 unspecified atom stereocenters. The molecule has 0 aliphatic carbocycles. The highest BCUT2D eigenvalue weighted by Gasteiger charge is 2.18. The lowest BCUT2D eigenvalue weighted by Gasteiger charge is -2.17. The summed E-state index contributed by atoms with van der Waals surface area (Å²) in [4.78, 5) is 11.4. The van der Waals surface area contributed by atoms with Crippen molar-refractivity contribution in [2.45, 2.75) is 39.2 Å². The number of nitrogens with zero attached hydrogens (tertiary/aromatic N) is 1. The summed E-state index contributed by atoms with van der Waals surface area (Å²) in [6.07, 6.45) is 2.06. The van der Waals surface area contributed by atoms with E-state index in [9.17, 15) is 4.79 Å². The Morgan fingerprint density at radius 3 is 2.79 bits per heavy atom. The van der Waals surface area contributed by atoms with Crippen LogP contribution in [0.3, 0.4) is 0 Å². The summed E-state index contributed by atoms with van der Waals surface area (Å²) in [7, 11) is 0. The van der Waals surface area contributed by atoms with Gasteiger partial charge in [-0.15, -0.1) is 0 Å². The highest BCUT2D eigenvalue weighted by atomic mass is 16.2. The Hall–Kier alpha value is -1.08. The topological polar surface area (TPSA) is 78.9 Å². The van der Waals surface area contributed by atoms with Crippen LogP contribution in [0.5, 0.6) is 0 Å². The third-order valence-electron chi connectivity index (χ3n) is 2.32. The van der Waals surface area contributed by atoms with E-state index in [1.54, 1.807) is 0 Å². The number of unbranched alkanes of at least 4 members (excludes halogenated alkanes) is 1. The summed E-state index contributed by atoms with van der Waals surface area (Å²) in [5.41, 5.74) is 5.71. The number of nitrogens with one attached hydrogen (secondary N) is 1. The van der Waals surface area contributed by atoms with Gasteiger partial charge < -0.3 is 11.1 Å². The lowest BCUT2D eigenvalue weighted by molar-refractivity contribution is -0.123. The molecule has 0 aromatic heterocycles. The molecule has 0 saturated heterocycles. The van der Waals surface area contributed by atoms with Crippen molar-refractivity contribution < 1.29 is 4.79 Å². The molecule has 0 radical (unpaired) electrons. The van der Waals surface area contributed by atoms with Gasteiger partial charge in [-0.3, -0.25) is 4.79 Å². The first-order chi connectivity index (χ1) is 6.63. The molecule has 0 bridgehead atoms. The van der Waals surface area contributed by atoms with Gasteiger partial charge in [0.05, 0.1) is 12.1 Å². The van der Waals surface area contributed by atoms with E-state index in [0.717, 1.165) is 6.42 Å². The number of nitriles is 1. The van der Waals surface area contributed by atoms with Gasteiger partial charge in [-0.2, -0.15) is 5.26 Å². The maximum Gasteiger partial charge on any atom is 0.237 e. The van der Waals surface area contributed by atoms with Crippen LogP contribution in [0.2, 0.25) is 0 Å². The second-order valence-electron chi connectivity index (χ2n) is 3.46. The predicted octanol–water partition coefficient (Wildman–Crippen LogP) is 0.780. The molecule has 0 aliphatic rings. The fourth-order valence-electron chi connectivity index (χ4n) is 1.01. The number of nitrogens with two attached hydrogens (primary N) is 1. The van der Waals surface area contributed by atoms with E-state index in [2.05, 4.69) is 5.32 Å². The molecule has 0 aliphatic heterocycles. The molecule has 3 N–H and O–H groups in total. The van der Waals surface area contributed by atoms with Crippen molar-refractivity contribution in [3.05, 3.63) is 0 Å². The normalized spacial score (nSPS) is 14.1. The molecule has 2 atom stereocenters. The summed E-state index contributed by atoms with van der Waals surface area (Å²) in [6.45, 7) is 4.50. The van der Waals surface area contributed by atoms with Crippen LogP contribution >= 0.6 is 0 Å². The van der Waals surface area contributed by atoms with Crippen LogP contribution in [0.4, 0.5) is 0 Å². The monoisotopic (exact) mass is 197 g/mol. The highest BCUT2D eigenvalue weighted by Crippen LogP contribution is 2.04. The molecular formula is C10H19N3O. The van der Waals surface area contributed by atoms with Gasteiger partial charge in [0.25, 0.3) is 0 Å². The number of hydrogen-bond acceptors (Lipinski definition) is 3. The molecule has 0 aromatic carbocycles. The molecule has 1 amide bonds. The number of amides is 1. The SMILES string of the molecule is CCC(C)[C@H](N)C(=O)NCCCC#N. The average Bonchev–Trinajstić information content (AvgIpc) is 2.21. The van der Waals surface area contributed by atoms with Crippen LogP contribution in [0.25, 0.3) is 0 Å². The van der Waals surface area contributed by atoms with Gasteiger partial charge in [0.1, 0.15) is 0 Å². The number of hydrogen-bond donors (Lipinski definition) is 2. The Morgan fingerprint density at radius 1 is 1.64 bits per heavy atom. The third-order valence-corrected chi connectivity index (χ3v) is 2.32. The Balaban J connectivity index is 3.68. The first-order valence-electron chi connectivity index (χ1n) is 5.03. The predicted molar refractivity (Wildman–Crippen MR) is 55.3 cm³/mol. The summed E-state index contributed by atoms with van der Waals surface area (Å²) < 4.78 is 0. The van der Waals surface area contributed by atoms with E-state index in [1.807, 2.05) is 19.9 Å². The second kappa shape index (κ2) is 7.34. The first kappa shape index (κ1) is 12.9. The summed E-state index contributed by atoms with van der Waals surface area (Å²) in [6, 6.07) is 1.59. The quantitative estimate of drug-likeness (QED) is 0.617. The van der Waals surface area contributed by atoms with Crippen molar-refractivity contribution in [3.8, 4) is 6.07 Å². The van der Waals surface area contributed by atoms with E-state index in [0.29, 0.717) is 19.4 Å². The largest absolute Gasteiger partial charge is 0.355 e. The fraction of sp³-hybridized carbons (Fsp3) is 0.800. The van der Waals surface area contributed by atoms with Crippen molar-refractivity contribution in [2.75, 3.05) is 6.54 Å². The zero-order chi connectivity index (χ0) is 11.0. The van der Waals surface area contributed by atoms with E-state index < -0.39 is 6.04 Å². The minimum atomic E-state index is -0.429. The third kappa shape index (κ3) is 4.83. The van der Waals surface area contributed by atoms with E-state index in [1.165, 1.54) is 0 Å². The highest BCUT2D eigenvalue weighted by molar-refractivity contribution is 5.81. The van der Waals surface area contributed by atoms with Crippen LogP contribution in [0.1, 0.15) is 33.1 Å². The molecular weight excluding hydrogens is 178 g/mol. The van der Waals surface area contributed by atoms with Crippen molar-refractivity contribution >= 4 is 5.91 Å². The van der Waals surface area contributed by atoms with E-state index >= 15 is 0 Å². The second-order valence-corrected chi connectivity index (χ2v) is 3.46. The van der Waals surface area contributed by atoms with Crippen LogP contribution in [0.15, 0.2) is 0 Å². The van der Waals surface area contributed by atoms with Gasteiger partial charge in [0.2, 0.25) is 5.91 Å². The van der Waals surface area contributed by atoms with Gasteiger partial charge >= 0.3 is 0 Å². The van der Waals surface area contributed by atoms with Gasteiger partial charge in [-0.25, -0.2) is 0 Å². The molecule has 0 fully saturated rings. The van der Waals surface area contributed by atoms with Gasteiger partial charge in [0, 0.05) is 13.0 Å². The number of rotatable bonds is 6. The van der Waals surface area contributed by atoms with Crippen LogP contribution in [0, 0.1) is 17.2 Å². The lowest BCUT2D eigenvalue weighted by atomic mass is 9.99. The van der Waals surface area contributed by atoms with E-state index in [-0.39, 0.29) is 11.8 Å². The molecule has 0 heterocycles. The molecule has 4 heteroatoms. The van der Waals surface area contributed by atoms with Crippen molar-refractivity contribution in [1.82, 2.24) is 5.32 Å². The maximum absolute atomic E-state index is 11.4. The molecule has 0 rings (SSSR count). The Morgan fingerprint density at radius 2 is 2.29 bits per heavy atom. The molecule has 4 nitrogen and oxygen atoms in total. The van der Waals surface area contributed by atoms with Gasteiger partial charge in [-0.1, -0.05) is 20.3 Å². The molecule has 0 spiro atoms.